The minimum absolute atomic E-state index is 0.0319. The van der Waals surface area contributed by atoms with Gasteiger partial charge in [0.2, 0.25) is 0 Å². The third-order valence-electron chi connectivity index (χ3n) is 2.47. The van der Waals surface area contributed by atoms with E-state index in [1.807, 2.05) is 0 Å². The minimum atomic E-state index is -1.04. The van der Waals surface area contributed by atoms with Crippen molar-refractivity contribution in [3.63, 3.8) is 0 Å². The van der Waals surface area contributed by atoms with Gasteiger partial charge >= 0.3 is 5.97 Å². The van der Waals surface area contributed by atoms with Gasteiger partial charge in [-0.15, -0.1) is 0 Å². The van der Waals surface area contributed by atoms with E-state index in [-0.39, 0.29) is 11.3 Å². The van der Waals surface area contributed by atoms with Gasteiger partial charge in [0.1, 0.15) is 11.4 Å². The first-order valence-electron chi connectivity index (χ1n) is 4.85. The van der Waals surface area contributed by atoms with Gasteiger partial charge in [0, 0.05) is 0 Å². The molecule has 1 aliphatic heterocycles. The van der Waals surface area contributed by atoms with Gasteiger partial charge in [-0.3, -0.25) is 0 Å². The third kappa shape index (κ3) is 1.56. The maximum absolute atomic E-state index is 13.0. The first-order valence-corrected chi connectivity index (χ1v) is 4.85. The summed E-state index contributed by atoms with van der Waals surface area (Å²) in [5.74, 6) is -1.26. The Morgan fingerprint density at radius 3 is 2.56 bits per heavy atom. The van der Waals surface area contributed by atoms with Crippen LogP contribution in [0, 0.1) is 5.82 Å². The number of cyclic esters (lactones) is 1. The van der Waals surface area contributed by atoms with Crippen LogP contribution >= 0.6 is 0 Å². The lowest BCUT2D eigenvalue weighted by Crippen LogP contribution is -2.22. The van der Waals surface area contributed by atoms with Crippen LogP contribution in [0.3, 0.4) is 0 Å². The molecule has 0 atom stereocenters. The molecule has 1 aromatic carbocycles. The topological polar surface area (TPSA) is 46.5 Å². The van der Waals surface area contributed by atoms with Gasteiger partial charge in [-0.05, 0) is 31.5 Å². The number of carbonyl (C=O) groups excluding carboxylic acids is 1. The molecular weight excluding hydrogens is 211 g/mol. The first kappa shape index (κ1) is 10.7. The molecule has 0 bridgehead atoms. The van der Waals surface area contributed by atoms with Crippen LogP contribution < -0.4 is 0 Å². The van der Waals surface area contributed by atoms with E-state index in [9.17, 15) is 14.3 Å². The molecule has 4 heteroatoms. The van der Waals surface area contributed by atoms with E-state index in [0.717, 1.165) is 0 Å². The van der Waals surface area contributed by atoms with Crippen LogP contribution in [0.15, 0.2) is 30.0 Å². The number of halogens is 1. The Balaban J connectivity index is 2.56. The molecule has 0 aromatic heterocycles. The highest BCUT2D eigenvalue weighted by Gasteiger charge is 2.41. The standard InChI is InChI=1S/C12H11FO3/c1-12(2)10(14)9(11(15)16-12)7-4-3-5-8(13)6-7/h3-6,14H,1-2H3. The molecule has 0 fully saturated rings. The second-order valence-electron chi connectivity index (χ2n) is 4.13. The second-order valence-corrected chi connectivity index (χ2v) is 4.13. The zero-order valence-electron chi connectivity index (χ0n) is 8.95. The van der Waals surface area contributed by atoms with E-state index < -0.39 is 17.4 Å². The van der Waals surface area contributed by atoms with Crippen molar-refractivity contribution in [3.8, 4) is 0 Å². The van der Waals surface area contributed by atoms with Crippen LogP contribution in [0.1, 0.15) is 19.4 Å². The lowest BCUT2D eigenvalue weighted by atomic mass is 10.00. The predicted octanol–water partition coefficient (Wildman–Crippen LogP) is 2.43. The fraction of sp³-hybridized carbons (Fsp3) is 0.250. The zero-order chi connectivity index (χ0) is 11.9. The van der Waals surface area contributed by atoms with Crippen LogP contribution in [-0.4, -0.2) is 16.7 Å². The molecule has 16 heavy (non-hydrogen) atoms. The predicted molar refractivity (Wildman–Crippen MR) is 56.1 cm³/mol. The molecule has 1 heterocycles. The number of ether oxygens (including phenoxy) is 1. The second kappa shape index (κ2) is 3.33. The van der Waals surface area contributed by atoms with E-state index in [4.69, 9.17) is 4.74 Å². The Morgan fingerprint density at radius 1 is 1.38 bits per heavy atom. The van der Waals surface area contributed by atoms with Crippen LogP contribution in [0.4, 0.5) is 4.39 Å². The Morgan fingerprint density at radius 2 is 2.06 bits per heavy atom. The number of aliphatic hydroxyl groups is 1. The molecule has 0 amide bonds. The molecule has 0 saturated heterocycles. The highest BCUT2D eigenvalue weighted by molar-refractivity contribution is 6.19. The SMILES string of the molecule is CC1(C)OC(=O)C(c2cccc(F)c2)=C1O. The van der Waals surface area contributed by atoms with Crippen molar-refractivity contribution in [2.45, 2.75) is 19.4 Å². The Bertz CT molecular complexity index is 489. The average Bonchev–Trinajstić information content (AvgIpc) is 2.36. The Kier molecular flexibility index (Phi) is 2.22. The normalized spacial score (nSPS) is 18.8. The van der Waals surface area contributed by atoms with Crippen molar-refractivity contribution >= 4 is 11.5 Å². The number of benzene rings is 1. The van der Waals surface area contributed by atoms with Crippen LogP contribution in [0.5, 0.6) is 0 Å². The molecule has 3 nitrogen and oxygen atoms in total. The van der Waals surface area contributed by atoms with E-state index in [2.05, 4.69) is 0 Å². The van der Waals surface area contributed by atoms with Gasteiger partial charge in [-0.25, -0.2) is 9.18 Å². The Hall–Kier alpha value is -1.84. The summed E-state index contributed by atoms with van der Waals surface area (Å²) in [6, 6.07) is 5.49. The van der Waals surface area contributed by atoms with Crippen molar-refractivity contribution in [2.75, 3.05) is 0 Å². The van der Waals surface area contributed by atoms with Gasteiger partial charge in [-0.2, -0.15) is 0 Å². The van der Waals surface area contributed by atoms with Crippen molar-refractivity contribution in [2.24, 2.45) is 0 Å². The number of hydrogen-bond donors (Lipinski definition) is 1. The van der Waals surface area contributed by atoms with Gasteiger partial charge in [-0.1, -0.05) is 12.1 Å². The number of rotatable bonds is 1. The van der Waals surface area contributed by atoms with E-state index >= 15 is 0 Å². The van der Waals surface area contributed by atoms with Crippen molar-refractivity contribution in [3.05, 3.63) is 41.4 Å². The van der Waals surface area contributed by atoms with E-state index in [1.54, 1.807) is 19.9 Å². The lowest BCUT2D eigenvalue weighted by Gasteiger charge is -2.16. The molecule has 0 aliphatic carbocycles. The summed E-state index contributed by atoms with van der Waals surface area (Å²) in [5, 5.41) is 9.84. The molecule has 1 aliphatic rings. The Labute approximate surface area is 92.2 Å². The van der Waals surface area contributed by atoms with Gasteiger partial charge in [0.05, 0.1) is 0 Å². The van der Waals surface area contributed by atoms with Crippen LogP contribution in [0.25, 0.3) is 5.57 Å². The summed E-state index contributed by atoms with van der Waals surface area (Å²) in [7, 11) is 0. The summed E-state index contributed by atoms with van der Waals surface area (Å²) in [5.41, 5.74) is -0.684. The number of hydrogen-bond acceptors (Lipinski definition) is 3. The van der Waals surface area contributed by atoms with Gasteiger partial charge in [0.25, 0.3) is 0 Å². The van der Waals surface area contributed by atoms with Crippen molar-refractivity contribution in [1.82, 2.24) is 0 Å². The van der Waals surface area contributed by atoms with Crippen molar-refractivity contribution in [1.29, 1.82) is 0 Å². The highest BCUT2D eigenvalue weighted by atomic mass is 19.1. The molecule has 0 unspecified atom stereocenters. The maximum atomic E-state index is 13.0. The average molecular weight is 222 g/mol. The molecule has 1 aromatic rings. The van der Waals surface area contributed by atoms with E-state index in [1.165, 1.54) is 18.2 Å². The first-order chi connectivity index (χ1) is 7.42. The van der Waals surface area contributed by atoms with Crippen LogP contribution in [0.2, 0.25) is 0 Å². The maximum Gasteiger partial charge on any atom is 0.343 e. The fourth-order valence-corrected chi connectivity index (χ4v) is 1.63. The molecule has 1 N–H and O–H groups in total. The van der Waals surface area contributed by atoms with Crippen molar-refractivity contribution < 1.29 is 19.0 Å². The number of carbonyl (C=O) groups is 1. The van der Waals surface area contributed by atoms with Gasteiger partial charge < -0.3 is 9.84 Å². The monoisotopic (exact) mass is 222 g/mol. The summed E-state index contributed by atoms with van der Waals surface area (Å²) in [4.78, 5) is 11.5. The summed E-state index contributed by atoms with van der Waals surface area (Å²) in [6.45, 7) is 3.15. The molecular formula is C12H11FO3. The number of aliphatic hydroxyl groups excluding tert-OH is 1. The minimum Gasteiger partial charge on any atom is -0.507 e. The summed E-state index contributed by atoms with van der Waals surface area (Å²) >= 11 is 0. The molecule has 84 valence electrons. The quantitative estimate of drug-likeness (QED) is 0.742. The third-order valence-corrected chi connectivity index (χ3v) is 2.47. The van der Waals surface area contributed by atoms with E-state index in [0.29, 0.717) is 5.56 Å². The summed E-state index contributed by atoms with van der Waals surface area (Å²) < 4.78 is 18.0. The zero-order valence-corrected chi connectivity index (χ0v) is 8.95. The number of esters is 1. The highest BCUT2D eigenvalue weighted by Crippen LogP contribution is 2.35. The lowest BCUT2D eigenvalue weighted by molar-refractivity contribution is -0.143. The van der Waals surface area contributed by atoms with Crippen LogP contribution in [-0.2, 0) is 9.53 Å². The fourth-order valence-electron chi connectivity index (χ4n) is 1.63. The smallest absolute Gasteiger partial charge is 0.343 e. The molecule has 0 spiro atoms. The molecule has 0 saturated carbocycles. The molecule has 2 rings (SSSR count). The summed E-state index contributed by atoms with van der Waals surface area (Å²) in [6.07, 6.45) is 0. The van der Waals surface area contributed by atoms with Gasteiger partial charge in [0.15, 0.2) is 11.4 Å². The molecule has 0 radical (unpaired) electrons. The largest absolute Gasteiger partial charge is 0.507 e.